The van der Waals surface area contributed by atoms with Gasteiger partial charge in [-0.2, -0.15) is 0 Å². The van der Waals surface area contributed by atoms with Gasteiger partial charge in [-0.1, -0.05) is 26.7 Å². The summed E-state index contributed by atoms with van der Waals surface area (Å²) < 4.78 is 5.20. The molecule has 1 rings (SSSR count). The summed E-state index contributed by atoms with van der Waals surface area (Å²) in [6.45, 7) is 8.93. The largest absolute Gasteiger partial charge is 0.461 e. The van der Waals surface area contributed by atoms with E-state index in [4.69, 9.17) is 4.74 Å². The summed E-state index contributed by atoms with van der Waals surface area (Å²) in [7, 11) is 0. The Morgan fingerprint density at radius 1 is 1.38 bits per heavy atom. The lowest BCUT2D eigenvalue weighted by atomic mass is 9.79. The van der Waals surface area contributed by atoms with E-state index in [9.17, 15) is 14.4 Å². The van der Waals surface area contributed by atoms with Crippen LogP contribution in [0, 0.1) is 5.92 Å². The van der Waals surface area contributed by atoms with Crippen molar-refractivity contribution in [2.24, 2.45) is 5.92 Å². The molecular weight excluding hydrogens is 270 g/mol. The zero-order valence-corrected chi connectivity index (χ0v) is 13.8. The molecule has 21 heavy (non-hydrogen) atoms. The van der Waals surface area contributed by atoms with Crippen molar-refractivity contribution in [3.63, 3.8) is 0 Å². The normalized spacial score (nSPS) is 26.1. The van der Waals surface area contributed by atoms with E-state index < -0.39 is 17.0 Å². The predicted octanol–water partition coefficient (Wildman–Crippen LogP) is 2.32. The molecule has 5 nitrogen and oxygen atoms in total. The van der Waals surface area contributed by atoms with Crippen LogP contribution in [0.1, 0.15) is 60.3 Å². The van der Waals surface area contributed by atoms with Crippen molar-refractivity contribution in [1.29, 1.82) is 0 Å². The molecule has 2 unspecified atom stereocenters. The van der Waals surface area contributed by atoms with Crippen molar-refractivity contribution >= 4 is 18.2 Å². The van der Waals surface area contributed by atoms with Crippen molar-refractivity contribution in [2.45, 2.75) is 71.4 Å². The van der Waals surface area contributed by atoms with E-state index in [1.165, 1.54) is 4.90 Å². The highest BCUT2D eigenvalue weighted by Gasteiger charge is 2.54. The first-order valence-corrected chi connectivity index (χ1v) is 7.72. The Kier molecular flexibility index (Phi) is 5.54. The zero-order chi connectivity index (χ0) is 16.3. The number of ketones is 1. The van der Waals surface area contributed by atoms with Crippen LogP contribution in [-0.2, 0) is 19.1 Å². The van der Waals surface area contributed by atoms with E-state index in [2.05, 4.69) is 6.92 Å². The Hall–Kier alpha value is -1.39. The highest BCUT2D eigenvalue weighted by atomic mass is 16.5. The quantitative estimate of drug-likeness (QED) is 0.534. The summed E-state index contributed by atoms with van der Waals surface area (Å²) in [5.74, 6) is -0.586. The Balaban J connectivity index is 3.09. The smallest absolute Gasteiger partial charge is 0.331 e. The summed E-state index contributed by atoms with van der Waals surface area (Å²) >= 11 is 0. The van der Waals surface area contributed by atoms with Crippen molar-refractivity contribution < 1.29 is 19.1 Å². The fraction of sp³-hybridized carbons (Fsp3) is 0.812. The Bertz CT molecular complexity index is 419. The molecule has 0 aromatic heterocycles. The molecule has 0 aliphatic carbocycles. The number of rotatable bonds is 7. The molecule has 0 radical (unpaired) electrons. The minimum Gasteiger partial charge on any atom is -0.461 e. The molecule has 1 amide bonds. The lowest BCUT2D eigenvalue weighted by Gasteiger charge is -2.50. The fourth-order valence-electron chi connectivity index (χ4n) is 3.02. The van der Waals surface area contributed by atoms with Gasteiger partial charge < -0.3 is 9.64 Å². The molecule has 0 aromatic rings. The second-order valence-corrected chi connectivity index (χ2v) is 6.50. The second-order valence-electron chi connectivity index (χ2n) is 6.50. The van der Waals surface area contributed by atoms with Crippen LogP contribution in [0.2, 0.25) is 0 Å². The van der Waals surface area contributed by atoms with Crippen LogP contribution >= 0.6 is 0 Å². The van der Waals surface area contributed by atoms with Gasteiger partial charge in [-0.3, -0.25) is 9.59 Å². The molecule has 0 aromatic carbocycles. The van der Waals surface area contributed by atoms with E-state index >= 15 is 0 Å². The summed E-state index contributed by atoms with van der Waals surface area (Å²) in [4.78, 5) is 37.7. The molecule has 1 heterocycles. The van der Waals surface area contributed by atoms with Gasteiger partial charge in [-0.25, -0.2) is 4.79 Å². The summed E-state index contributed by atoms with van der Waals surface area (Å²) in [5, 5.41) is 0. The molecule has 0 N–H and O–H groups in total. The third-order valence-corrected chi connectivity index (χ3v) is 4.52. The Morgan fingerprint density at radius 2 is 2.00 bits per heavy atom. The molecule has 0 bridgehead atoms. The van der Waals surface area contributed by atoms with Crippen molar-refractivity contribution in [3.8, 4) is 0 Å². The number of hydrogen-bond acceptors (Lipinski definition) is 4. The standard InChI is InChI=1S/C16H27NO4/c1-6-8-9-12(7-2)13(19)16(5)10-21-14(20)15(3,4)17(16)11-18/h11-12H,6-10H2,1-5H3. The van der Waals surface area contributed by atoms with Crippen molar-refractivity contribution in [3.05, 3.63) is 0 Å². The van der Waals surface area contributed by atoms with E-state index in [0.717, 1.165) is 25.7 Å². The van der Waals surface area contributed by atoms with Gasteiger partial charge in [0.15, 0.2) is 5.78 Å². The van der Waals surface area contributed by atoms with Gasteiger partial charge in [0.05, 0.1) is 0 Å². The SMILES string of the molecule is CCCCC(CC)C(=O)C1(C)COC(=O)C(C)(C)N1C=O. The highest BCUT2D eigenvalue weighted by molar-refractivity contribution is 5.95. The van der Waals surface area contributed by atoms with Crippen LogP contribution in [0.3, 0.4) is 0 Å². The maximum absolute atomic E-state index is 12.9. The van der Waals surface area contributed by atoms with Crippen LogP contribution < -0.4 is 0 Å². The molecule has 2 atom stereocenters. The molecular formula is C16H27NO4. The molecule has 1 fully saturated rings. The van der Waals surface area contributed by atoms with Gasteiger partial charge in [0.1, 0.15) is 17.7 Å². The van der Waals surface area contributed by atoms with Gasteiger partial charge >= 0.3 is 5.97 Å². The predicted molar refractivity (Wildman–Crippen MR) is 79.7 cm³/mol. The molecule has 1 saturated heterocycles. The number of amides is 1. The Labute approximate surface area is 127 Å². The number of Topliss-reactive ketones (excluding diaryl/α,β-unsaturated/α-hetero) is 1. The fourth-order valence-corrected chi connectivity index (χ4v) is 3.02. The maximum Gasteiger partial charge on any atom is 0.331 e. The number of carbonyl (C=O) groups excluding carboxylic acids is 3. The monoisotopic (exact) mass is 297 g/mol. The lowest BCUT2D eigenvalue weighted by Crippen LogP contribution is -2.70. The topological polar surface area (TPSA) is 63.7 Å². The number of ether oxygens (including phenoxy) is 1. The maximum atomic E-state index is 12.9. The minimum atomic E-state index is -1.12. The first-order valence-electron chi connectivity index (χ1n) is 7.72. The van der Waals surface area contributed by atoms with E-state index in [1.807, 2.05) is 6.92 Å². The van der Waals surface area contributed by atoms with Gasteiger partial charge in [-0.15, -0.1) is 0 Å². The number of unbranched alkanes of at least 4 members (excludes halogenated alkanes) is 1. The number of carbonyl (C=O) groups is 3. The number of nitrogens with zero attached hydrogens (tertiary/aromatic N) is 1. The molecule has 0 saturated carbocycles. The Morgan fingerprint density at radius 3 is 2.48 bits per heavy atom. The van der Waals surface area contributed by atoms with Gasteiger partial charge in [0, 0.05) is 5.92 Å². The van der Waals surface area contributed by atoms with Crippen LogP contribution in [0.5, 0.6) is 0 Å². The van der Waals surface area contributed by atoms with E-state index in [0.29, 0.717) is 6.41 Å². The third kappa shape index (κ3) is 3.11. The van der Waals surface area contributed by atoms with Crippen LogP contribution in [0.25, 0.3) is 0 Å². The number of cyclic esters (lactones) is 1. The number of morpholine rings is 1. The van der Waals surface area contributed by atoms with E-state index in [-0.39, 0.29) is 18.3 Å². The van der Waals surface area contributed by atoms with Gasteiger partial charge in [-0.05, 0) is 33.6 Å². The van der Waals surface area contributed by atoms with Crippen LogP contribution in [0.4, 0.5) is 0 Å². The molecule has 0 spiro atoms. The first-order chi connectivity index (χ1) is 9.75. The highest BCUT2D eigenvalue weighted by Crippen LogP contribution is 2.34. The summed E-state index contributed by atoms with van der Waals surface area (Å²) in [5.41, 5.74) is -2.19. The van der Waals surface area contributed by atoms with Crippen molar-refractivity contribution in [2.75, 3.05) is 6.61 Å². The molecule has 1 aliphatic rings. The number of hydrogen-bond donors (Lipinski definition) is 0. The zero-order valence-electron chi connectivity index (χ0n) is 13.8. The average molecular weight is 297 g/mol. The minimum absolute atomic E-state index is 0.00822. The van der Waals surface area contributed by atoms with Gasteiger partial charge in [0.2, 0.25) is 6.41 Å². The third-order valence-electron chi connectivity index (χ3n) is 4.52. The van der Waals surface area contributed by atoms with Crippen LogP contribution in [0.15, 0.2) is 0 Å². The van der Waals surface area contributed by atoms with Crippen molar-refractivity contribution in [1.82, 2.24) is 4.90 Å². The number of esters is 1. The second kappa shape index (κ2) is 6.58. The first kappa shape index (κ1) is 17.7. The summed E-state index contributed by atoms with van der Waals surface area (Å²) in [6.07, 6.45) is 4.14. The lowest BCUT2D eigenvalue weighted by molar-refractivity contribution is -0.187. The molecule has 5 heteroatoms. The van der Waals surface area contributed by atoms with Crippen LogP contribution in [-0.4, -0.2) is 40.7 Å². The average Bonchev–Trinajstić information content (AvgIpc) is 2.44. The van der Waals surface area contributed by atoms with E-state index in [1.54, 1.807) is 20.8 Å². The van der Waals surface area contributed by atoms with Gasteiger partial charge in [0.25, 0.3) is 0 Å². The molecule has 120 valence electrons. The molecule has 1 aliphatic heterocycles. The summed E-state index contributed by atoms with van der Waals surface area (Å²) in [6, 6.07) is 0.